The van der Waals surface area contributed by atoms with Crippen LogP contribution in [0.3, 0.4) is 0 Å². The van der Waals surface area contributed by atoms with Crippen molar-refractivity contribution in [2.45, 2.75) is 24.2 Å². The normalized spacial score (nSPS) is 13.3. The van der Waals surface area contributed by atoms with Crippen LogP contribution in [0.15, 0.2) is 45.9 Å². The Hall–Kier alpha value is -1.67. The van der Waals surface area contributed by atoms with E-state index in [0.29, 0.717) is 0 Å². The van der Waals surface area contributed by atoms with Gasteiger partial charge in [0.2, 0.25) is 0 Å². The Labute approximate surface area is 185 Å². The summed E-state index contributed by atoms with van der Waals surface area (Å²) in [6.45, 7) is 25.7. The summed E-state index contributed by atoms with van der Waals surface area (Å²) in [6, 6.07) is 10.6. The zero-order chi connectivity index (χ0) is 23.1. The number of hydrogen-bond acceptors (Lipinski definition) is 3. The second-order valence-corrected chi connectivity index (χ2v) is 7.32. The van der Waals surface area contributed by atoms with Crippen molar-refractivity contribution in [3.8, 4) is 0 Å². The maximum absolute atomic E-state index is 7.50. The molecular weight excluding hydrogens is 566 g/mol. The first-order valence-electron chi connectivity index (χ1n) is 7.75. The van der Waals surface area contributed by atoms with E-state index < -0.39 is 0 Å². The average Bonchev–Trinajstić information content (AvgIpc) is 3.54. The molecule has 150 valence electrons. The molecule has 2 aliphatic rings. The van der Waals surface area contributed by atoms with Gasteiger partial charge < -0.3 is 0 Å². The van der Waals surface area contributed by atoms with Crippen LogP contribution in [0.5, 0.6) is 0 Å². The molecule has 2 heterocycles. The Kier molecular flexibility index (Phi) is 26.9. The van der Waals surface area contributed by atoms with Gasteiger partial charge in [0.1, 0.15) is 0 Å². The second-order valence-electron chi connectivity index (χ2n) is 4.77. The molecule has 0 saturated carbocycles. The maximum atomic E-state index is 7.50. The van der Waals surface area contributed by atoms with Gasteiger partial charge in [0, 0.05) is 0 Å². The molecule has 0 spiro atoms. The van der Waals surface area contributed by atoms with Crippen molar-refractivity contribution < 1.29 is 47.4 Å². The zero-order valence-corrected chi connectivity index (χ0v) is 19.1. The Balaban J connectivity index is -0.000000594. The molecule has 0 unspecified atom stereocenters. The van der Waals surface area contributed by atoms with Crippen molar-refractivity contribution in [1.29, 1.82) is 0 Å². The minimum absolute atomic E-state index is 0.842. The van der Waals surface area contributed by atoms with Gasteiger partial charge in [0.05, 0.1) is 0 Å². The molecule has 0 radical (unpaired) electrons. The summed E-state index contributed by atoms with van der Waals surface area (Å²) in [5, 5.41) is 0. The molecule has 0 bridgehead atoms. The molecule has 9 heteroatoms. The Morgan fingerprint density at radius 3 is 1.83 bits per heavy atom. The third kappa shape index (κ3) is 12.5. The molecule has 1 fully saturated rings. The standard InChI is InChI=1S/C15H17NOS.5CO.W/c1-2-6-13(7-3-1)18-15-8-11-17-14(15)12-16-9-4-5-10-16;5*1-2;/h1-3,6-7H,4-5,8-11H2;;;;;;. The van der Waals surface area contributed by atoms with Crippen molar-refractivity contribution in [3.63, 3.8) is 0 Å². The van der Waals surface area contributed by atoms with Crippen LogP contribution in [0.2, 0.25) is 0 Å². The van der Waals surface area contributed by atoms with Crippen molar-refractivity contribution >= 4 is 15.8 Å². The van der Waals surface area contributed by atoms with Gasteiger partial charge in [-0.25, -0.2) is 0 Å². The Bertz CT molecular complexity index is 668. The Morgan fingerprint density at radius 2 is 1.34 bits per heavy atom. The monoisotopic (exact) mass is 583 g/mol. The SMILES string of the molecule is [C-]#[O+].[C-]#[O+].[C-]#[O+].[C-]#[O+].[C-]#[O+].[W]=[C](C1=C(Sc2ccccc2)CCO1)N1CCCC1. The first-order valence-corrected chi connectivity index (χ1v) is 10.0. The van der Waals surface area contributed by atoms with E-state index in [-0.39, 0.29) is 0 Å². The summed E-state index contributed by atoms with van der Waals surface area (Å²) < 4.78 is 44.8. The molecule has 29 heavy (non-hydrogen) atoms. The molecule has 0 amide bonds. The van der Waals surface area contributed by atoms with E-state index in [1.807, 2.05) is 11.8 Å². The first kappa shape index (κ1) is 32.0. The van der Waals surface area contributed by atoms with Crippen molar-refractivity contribution in [2.75, 3.05) is 19.7 Å². The van der Waals surface area contributed by atoms with Gasteiger partial charge in [0.15, 0.2) is 0 Å². The molecular formula is C20H17NO6SW. The topological polar surface area (TPSA) is 112 Å². The molecule has 2 aliphatic heterocycles. The molecule has 3 rings (SSSR count). The van der Waals surface area contributed by atoms with E-state index in [9.17, 15) is 0 Å². The summed E-state index contributed by atoms with van der Waals surface area (Å²) >= 11 is 3.39. The van der Waals surface area contributed by atoms with Gasteiger partial charge in [-0.05, 0) is 0 Å². The molecule has 0 aromatic heterocycles. The molecule has 1 aromatic carbocycles. The van der Waals surface area contributed by atoms with Gasteiger partial charge in [-0.15, -0.1) is 0 Å². The number of rotatable bonds is 4. The summed E-state index contributed by atoms with van der Waals surface area (Å²) in [6.07, 6.45) is 3.70. The second kappa shape index (κ2) is 24.4. The average molecular weight is 583 g/mol. The number of ether oxygens (including phenoxy) is 1. The number of likely N-dealkylation sites (tertiary alicyclic amines) is 1. The molecule has 0 atom stereocenters. The fourth-order valence-corrected chi connectivity index (χ4v) is 4.99. The summed E-state index contributed by atoms with van der Waals surface area (Å²) in [5.41, 5.74) is 0. The molecule has 0 aliphatic carbocycles. The molecule has 1 saturated heterocycles. The quantitative estimate of drug-likeness (QED) is 0.402. The number of hydrogen-bond donors (Lipinski definition) is 0. The van der Waals surface area contributed by atoms with Crippen molar-refractivity contribution in [3.05, 3.63) is 74.2 Å². The predicted octanol–water partition coefficient (Wildman–Crippen LogP) is 3.00. The van der Waals surface area contributed by atoms with Crippen LogP contribution < -0.4 is 0 Å². The predicted molar refractivity (Wildman–Crippen MR) is 95.4 cm³/mol. The van der Waals surface area contributed by atoms with E-state index in [1.165, 1.54) is 64.9 Å². The minimum atomic E-state index is 0.842. The third-order valence-corrected chi connectivity index (χ3v) is 6.14. The first-order chi connectivity index (χ1) is 14.3. The summed E-state index contributed by atoms with van der Waals surface area (Å²) in [4.78, 5) is 5.22. The van der Waals surface area contributed by atoms with E-state index in [4.69, 9.17) is 28.0 Å². The van der Waals surface area contributed by atoms with Crippen molar-refractivity contribution in [2.24, 2.45) is 0 Å². The van der Waals surface area contributed by atoms with Gasteiger partial charge in [-0.1, -0.05) is 0 Å². The van der Waals surface area contributed by atoms with Crippen LogP contribution in [-0.2, 0) is 47.4 Å². The summed E-state index contributed by atoms with van der Waals surface area (Å²) in [7, 11) is 0. The number of benzene rings is 1. The molecule has 0 N–H and O–H groups in total. The zero-order valence-electron chi connectivity index (χ0n) is 15.3. The van der Waals surface area contributed by atoms with Crippen LogP contribution in [0.1, 0.15) is 19.3 Å². The number of thioether (sulfide) groups is 1. The Morgan fingerprint density at radius 1 is 0.862 bits per heavy atom. The molecule has 1 aromatic rings. The van der Waals surface area contributed by atoms with Gasteiger partial charge >= 0.3 is 186 Å². The van der Waals surface area contributed by atoms with Crippen LogP contribution in [0, 0.1) is 33.3 Å². The fraction of sp³-hybridized carbons (Fsp3) is 0.300. The van der Waals surface area contributed by atoms with Crippen LogP contribution in [-0.4, -0.2) is 28.6 Å². The summed E-state index contributed by atoms with van der Waals surface area (Å²) in [5.74, 6) is 1.17. The third-order valence-electron chi connectivity index (χ3n) is 3.40. The fourth-order valence-electron chi connectivity index (χ4n) is 2.41. The van der Waals surface area contributed by atoms with E-state index in [1.54, 1.807) is 0 Å². The van der Waals surface area contributed by atoms with Crippen molar-refractivity contribution in [1.82, 2.24) is 4.90 Å². The van der Waals surface area contributed by atoms with Gasteiger partial charge in [-0.3, -0.25) is 0 Å². The van der Waals surface area contributed by atoms with E-state index >= 15 is 0 Å². The van der Waals surface area contributed by atoms with Crippen LogP contribution >= 0.6 is 11.8 Å². The van der Waals surface area contributed by atoms with E-state index in [2.05, 4.69) is 68.5 Å². The van der Waals surface area contributed by atoms with Crippen LogP contribution in [0.4, 0.5) is 0 Å². The molecule has 7 nitrogen and oxygen atoms in total. The van der Waals surface area contributed by atoms with Crippen LogP contribution in [0.25, 0.3) is 0 Å². The van der Waals surface area contributed by atoms with E-state index in [0.717, 1.165) is 13.0 Å². The van der Waals surface area contributed by atoms with Gasteiger partial charge in [-0.2, -0.15) is 0 Å². The number of nitrogens with zero attached hydrogens (tertiary/aromatic N) is 1. The van der Waals surface area contributed by atoms with Gasteiger partial charge in [0.25, 0.3) is 0 Å².